The van der Waals surface area contributed by atoms with Crippen LogP contribution in [0.4, 0.5) is 13.2 Å². The minimum atomic E-state index is -4.46. The molecule has 1 aromatic carbocycles. The first-order valence-corrected chi connectivity index (χ1v) is 4.86. The summed E-state index contributed by atoms with van der Waals surface area (Å²) < 4.78 is 35.5. The predicted octanol–water partition coefficient (Wildman–Crippen LogP) is 3.29. The van der Waals surface area contributed by atoms with Gasteiger partial charge in [0.05, 0.1) is 15.6 Å². The Balaban J connectivity index is 2.78. The Bertz CT molecular complexity index is 406. The van der Waals surface area contributed by atoms with E-state index in [2.05, 4.69) is 0 Å². The average Bonchev–Trinajstić information content (AvgIpc) is 2.17. The molecule has 88 valence electrons. The average molecular weight is 272 g/mol. The van der Waals surface area contributed by atoms with Crippen LogP contribution in [-0.2, 0) is 0 Å². The third kappa shape index (κ3) is 3.57. The number of carbonyl (C=O) groups is 1. The zero-order valence-electron chi connectivity index (χ0n) is 7.74. The second kappa shape index (κ2) is 4.93. The second-order valence-electron chi connectivity index (χ2n) is 2.90. The van der Waals surface area contributed by atoms with Gasteiger partial charge in [-0.15, -0.1) is 0 Å². The van der Waals surface area contributed by atoms with Gasteiger partial charge in [-0.1, -0.05) is 29.3 Å². The number of hydrogen-bond acceptors (Lipinski definition) is 1. The highest BCUT2D eigenvalue weighted by Gasteiger charge is 2.28. The first kappa shape index (κ1) is 13.1. The molecule has 7 heteroatoms. The van der Waals surface area contributed by atoms with Crippen molar-refractivity contribution in [3.8, 4) is 0 Å². The second-order valence-corrected chi connectivity index (χ2v) is 3.68. The van der Waals surface area contributed by atoms with Crippen molar-refractivity contribution < 1.29 is 18.0 Å². The summed E-state index contributed by atoms with van der Waals surface area (Å²) in [5.41, 5.74) is -0.0848. The molecule has 16 heavy (non-hydrogen) atoms. The summed E-state index contributed by atoms with van der Waals surface area (Å²) in [5.74, 6) is -0.912. The van der Waals surface area contributed by atoms with Crippen molar-refractivity contribution in [3.05, 3.63) is 33.8 Å². The molecule has 0 saturated carbocycles. The van der Waals surface area contributed by atoms with E-state index in [0.29, 0.717) is 0 Å². The largest absolute Gasteiger partial charge is 0.405 e. The van der Waals surface area contributed by atoms with Crippen LogP contribution in [0.15, 0.2) is 18.2 Å². The van der Waals surface area contributed by atoms with E-state index in [1.54, 1.807) is 5.32 Å². The summed E-state index contributed by atoms with van der Waals surface area (Å²) in [7, 11) is 0. The van der Waals surface area contributed by atoms with Gasteiger partial charge in [0.25, 0.3) is 5.91 Å². The fourth-order valence-electron chi connectivity index (χ4n) is 0.955. The summed E-state index contributed by atoms with van der Waals surface area (Å²) in [6.07, 6.45) is -4.46. The molecule has 1 rings (SSSR count). The van der Waals surface area contributed by atoms with Crippen LogP contribution in [0.25, 0.3) is 0 Å². The van der Waals surface area contributed by atoms with Crippen molar-refractivity contribution >= 4 is 29.1 Å². The smallest absolute Gasteiger partial charge is 0.343 e. The number of benzene rings is 1. The fourth-order valence-corrected chi connectivity index (χ4v) is 1.34. The summed E-state index contributed by atoms with van der Waals surface area (Å²) in [6.45, 7) is -1.41. The normalized spacial score (nSPS) is 11.3. The molecule has 0 fully saturated rings. The van der Waals surface area contributed by atoms with E-state index in [1.807, 2.05) is 0 Å². The molecule has 1 amide bonds. The number of nitrogens with one attached hydrogen (secondary N) is 1. The van der Waals surface area contributed by atoms with Crippen molar-refractivity contribution in [2.75, 3.05) is 6.54 Å². The molecule has 0 aliphatic rings. The lowest BCUT2D eigenvalue weighted by Crippen LogP contribution is -2.33. The number of amides is 1. The summed E-state index contributed by atoms with van der Waals surface area (Å²) in [5, 5.41) is 1.75. The Morgan fingerprint density at radius 3 is 2.50 bits per heavy atom. The van der Waals surface area contributed by atoms with Gasteiger partial charge in [-0.2, -0.15) is 13.2 Å². The molecule has 0 bridgehead atoms. The molecule has 0 radical (unpaired) electrons. The van der Waals surface area contributed by atoms with Crippen molar-refractivity contribution in [1.29, 1.82) is 0 Å². The van der Waals surface area contributed by atoms with Crippen LogP contribution in [-0.4, -0.2) is 18.6 Å². The van der Waals surface area contributed by atoms with Gasteiger partial charge in [-0.3, -0.25) is 4.79 Å². The summed E-state index contributed by atoms with van der Waals surface area (Å²) in [4.78, 5) is 11.3. The molecule has 0 aromatic heterocycles. The van der Waals surface area contributed by atoms with Crippen LogP contribution in [0.3, 0.4) is 0 Å². The molecule has 0 spiro atoms. The number of alkyl halides is 3. The lowest BCUT2D eigenvalue weighted by Gasteiger charge is -2.09. The number of carbonyl (C=O) groups excluding carboxylic acids is 1. The van der Waals surface area contributed by atoms with Crippen LogP contribution in [0, 0.1) is 0 Å². The first-order chi connectivity index (χ1) is 7.31. The van der Waals surface area contributed by atoms with Gasteiger partial charge in [0.15, 0.2) is 0 Å². The first-order valence-electron chi connectivity index (χ1n) is 4.10. The topological polar surface area (TPSA) is 29.1 Å². The Hall–Kier alpha value is -0.940. The van der Waals surface area contributed by atoms with Gasteiger partial charge in [0.1, 0.15) is 6.54 Å². The zero-order chi connectivity index (χ0) is 12.3. The van der Waals surface area contributed by atoms with Crippen molar-refractivity contribution in [2.45, 2.75) is 6.18 Å². The van der Waals surface area contributed by atoms with E-state index in [-0.39, 0.29) is 15.6 Å². The van der Waals surface area contributed by atoms with E-state index >= 15 is 0 Å². The third-order valence-electron chi connectivity index (χ3n) is 1.65. The van der Waals surface area contributed by atoms with Gasteiger partial charge >= 0.3 is 6.18 Å². The maximum Gasteiger partial charge on any atom is 0.405 e. The molecule has 1 N–H and O–H groups in total. The Morgan fingerprint density at radius 1 is 1.31 bits per heavy atom. The van der Waals surface area contributed by atoms with Gasteiger partial charge in [0.2, 0.25) is 0 Å². The van der Waals surface area contributed by atoms with Gasteiger partial charge in [0, 0.05) is 0 Å². The van der Waals surface area contributed by atoms with E-state index in [9.17, 15) is 18.0 Å². The monoisotopic (exact) mass is 271 g/mol. The van der Waals surface area contributed by atoms with Crippen LogP contribution in [0.5, 0.6) is 0 Å². The van der Waals surface area contributed by atoms with Crippen molar-refractivity contribution in [3.63, 3.8) is 0 Å². The van der Waals surface area contributed by atoms with Crippen LogP contribution in [0.2, 0.25) is 10.0 Å². The molecule has 0 heterocycles. The Morgan fingerprint density at radius 2 is 1.94 bits per heavy atom. The lowest BCUT2D eigenvalue weighted by atomic mass is 10.2. The van der Waals surface area contributed by atoms with Gasteiger partial charge < -0.3 is 5.32 Å². The number of rotatable bonds is 2. The maximum atomic E-state index is 11.8. The van der Waals surface area contributed by atoms with Gasteiger partial charge in [-0.05, 0) is 12.1 Å². The Labute approximate surface area is 99.3 Å². The van der Waals surface area contributed by atoms with E-state index < -0.39 is 18.6 Å². The SMILES string of the molecule is O=C(NCC(F)(F)F)c1cccc(Cl)c1Cl. The fraction of sp³-hybridized carbons (Fsp3) is 0.222. The summed E-state index contributed by atoms with van der Waals surface area (Å²) in [6, 6.07) is 4.15. The van der Waals surface area contributed by atoms with Crippen LogP contribution < -0.4 is 5.32 Å². The number of hydrogen-bond donors (Lipinski definition) is 1. The lowest BCUT2D eigenvalue weighted by molar-refractivity contribution is -0.123. The maximum absolute atomic E-state index is 11.8. The minimum absolute atomic E-state index is 0.0659. The molecular weight excluding hydrogens is 266 g/mol. The van der Waals surface area contributed by atoms with Crippen molar-refractivity contribution in [2.24, 2.45) is 0 Å². The highest BCUT2D eigenvalue weighted by atomic mass is 35.5. The predicted molar refractivity (Wildman–Crippen MR) is 54.9 cm³/mol. The highest BCUT2D eigenvalue weighted by Crippen LogP contribution is 2.25. The Kier molecular flexibility index (Phi) is 4.04. The highest BCUT2D eigenvalue weighted by molar-refractivity contribution is 6.43. The summed E-state index contributed by atoms with van der Waals surface area (Å²) >= 11 is 11.3. The van der Waals surface area contributed by atoms with E-state index in [4.69, 9.17) is 23.2 Å². The zero-order valence-corrected chi connectivity index (χ0v) is 9.25. The van der Waals surface area contributed by atoms with Gasteiger partial charge in [-0.25, -0.2) is 0 Å². The molecule has 0 saturated heterocycles. The van der Waals surface area contributed by atoms with Crippen LogP contribution >= 0.6 is 23.2 Å². The molecule has 0 aliphatic heterocycles. The van der Waals surface area contributed by atoms with Crippen LogP contribution in [0.1, 0.15) is 10.4 Å². The van der Waals surface area contributed by atoms with E-state index in [1.165, 1.54) is 18.2 Å². The molecule has 0 atom stereocenters. The van der Waals surface area contributed by atoms with E-state index in [0.717, 1.165) is 0 Å². The molecule has 1 aromatic rings. The quantitative estimate of drug-likeness (QED) is 0.879. The molecule has 2 nitrogen and oxygen atoms in total. The van der Waals surface area contributed by atoms with Crippen molar-refractivity contribution in [1.82, 2.24) is 5.32 Å². The molecular formula is C9H6Cl2F3NO. The molecule has 0 aliphatic carbocycles. The standard InChI is InChI=1S/C9H6Cl2F3NO/c10-6-3-1-2-5(7(6)11)8(16)15-4-9(12,13)14/h1-3H,4H2,(H,15,16). The molecule has 0 unspecified atom stereocenters. The minimum Gasteiger partial charge on any atom is -0.343 e. The number of halogens is 5. The third-order valence-corrected chi connectivity index (χ3v) is 2.46.